The molecule has 2 N–H and O–H groups in total. The molecular formula is C28H38F3NO6S. The lowest BCUT2D eigenvalue weighted by molar-refractivity contribution is -0.187. The predicted octanol–water partition coefficient (Wildman–Crippen LogP) is 4.88. The number of rotatable bonds is 2. The minimum atomic E-state index is -4.63. The molecule has 3 aliphatic rings. The highest BCUT2D eigenvalue weighted by atomic mass is 32.1. The first kappa shape index (κ1) is 30.1. The minimum absolute atomic E-state index is 0.177. The summed E-state index contributed by atoms with van der Waals surface area (Å²) >= 11 is 1.42. The van der Waals surface area contributed by atoms with Crippen LogP contribution < -0.4 is 0 Å². The second-order valence-electron chi connectivity index (χ2n) is 12.2. The fraction of sp³-hybridized carbons (Fsp3) is 0.750. The van der Waals surface area contributed by atoms with Crippen molar-refractivity contribution in [3.63, 3.8) is 0 Å². The lowest BCUT2D eigenvalue weighted by atomic mass is 9.72. The van der Waals surface area contributed by atoms with E-state index >= 15 is 0 Å². The maximum Gasteiger partial charge on any atom is 0.420 e. The number of epoxide rings is 1. The number of hydrogen-bond acceptors (Lipinski definition) is 8. The molecule has 3 fully saturated rings. The monoisotopic (exact) mass is 573 g/mol. The number of aromatic nitrogens is 1. The van der Waals surface area contributed by atoms with Crippen LogP contribution >= 0.6 is 11.3 Å². The van der Waals surface area contributed by atoms with Crippen LogP contribution in [0.3, 0.4) is 0 Å². The van der Waals surface area contributed by atoms with Crippen molar-refractivity contribution in [1.29, 1.82) is 0 Å². The van der Waals surface area contributed by atoms with Gasteiger partial charge in [0.25, 0.3) is 0 Å². The number of aliphatic hydroxyl groups is 2. The molecule has 3 heterocycles. The zero-order valence-corrected chi connectivity index (χ0v) is 23.9. The molecule has 0 amide bonds. The zero-order valence-electron chi connectivity index (χ0n) is 23.1. The number of aliphatic hydroxyl groups excluding tert-OH is 2. The Morgan fingerprint density at radius 2 is 1.87 bits per heavy atom. The molecule has 0 unspecified atom stereocenters. The summed E-state index contributed by atoms with van der Waals surface area (Å²) in [6, 6.07) is 0. The van der Waals surface area contributed by atoms with Crippen LogP contribution in [0.25, 0.3) is 6.08 Å². The van der Waals surface area contributed by atoms with E-state index in [9.17, 15) is 33.0 Å². The summed E-state index contributed by atoms with van der Waals surface area (Å²) in [5.41, 5.74) is -2.60. The van der Waals surface area contributed by atoms with Gasteiger partial charge in [-0.2, -0.15) is 13.2 Å². The third-order valence-electron chi connectivity index (χ3n) is 9.03. The topological polar surface area (TPSA) is 109 Å². The fourth-order valence-electron chi connectivity index (χ4n) is 6.07. The number of carbonyl (C=O) groups excluding carboxylic acids is 2. The Morgan fingerprint density at radius 1 is 1.21 bits per heavy atom. The van der Waals surface area contributed by atoms with E-state index in [0.717, 1.165) is 5.01 Å². The van der Waals surface area contributed by atoms with E-state index in [1.165, 1.54) is 25.2 Å². The molecule has 9 atom stereocenters. The molecule has 4 rings (SSSR count). The average molecular weight is 574 g/mol. The van der Waals surface area contributed by atoms with Gasteiger partial charge in [-0.05, 0) is 56.1 Å². The largest absolute Gasteiger partial charge is 0.458 e. The van der Waals surface area contributed by atoms with Gasteiger partial charge in [-0.1, -0.05) is 27.7 Å². The lowest BCUT2D eigenvalue weighted by Gasteiger charge is -2.34. The molecule has 39 heavy (non-hydrogen) atoms. The maximum absolute atomic E-state index is 14.3. The Hall–Kier alpha value is -1.82. The number of aryl methyl sites for hydroxylation is 1. The van der Waals surface area contributed by atoms with Gasteiger partial charge in [-0.25, -0.2) is 4.98 Å². The number of carbonyl (C=O) groups is 2. The quantitative estimate of drug-likeness (QED) is 0.384. The van der Waals surface area contributed by atoms with Crippen LogP contribution in [0.15, 0.2) is 11.0 Å². The van der Waals surface area contributed by atoms with E-state index < -0.39 is 71.6 Å². The molecule has 2 aliphatic heterocycles. The zero-order chi connectivity index (χ0) is 29.1. The molecule has 2 saturated heterocycles. The molecule has 7 nitrogen and oxygen atoms in total. The van der Waals surface area contributed by atoms with E-state index in [1.54, 1.807) is 32.2 Å². The molecule has 1 saturated carbocycles. The van der Waals surface area contributed by atoms with Crippen molar-refractivity contribution >= 4 is 29.2 Å². The van der Waals surface area contributed by atoms with E-state index in [4.69, 9.17) is 9.47 Å². The number of hydrogen-bond donors (Lipinski definition) is 2. The smallest absolute Gasteiger partial charge is 0.420 e. The first-order valence-electron chi connectivity index (χ1n) is 13.4. The van der Waals surface area contributed by atoms with E-state index in [2.05, 4.69) is 4.98 Å². The van der Waals surface area contributed by atoms with Gasteiger partial charge in [0.15, 0.2) is 5.60 Å². The van der Waals surface area contributed by atoms with Gasteiger partial charge < -0.3 is 19.7 Å². The third kappa shape index (κ3) is 5.96. The molecule has 1 aromatic heterocycles. The van der Waals surface area contributed by atoms with Gasteiger partial charge in [0.05, 0.1) is 34.7 Å². The van der Waals surface area contributed by atoms with Crippen LogP contribution in [-0.2, 0) is 19.1 Å². The summed E-state index contributed by atoms with van der Waals surface area (Å²) in [6.07, 6.45) is -8.19. The van der Waals surface area contributed by atoms with Crippen LogP contribution in [0.1, 0.15) is 71.0 Å². The van der Waals surface area contributed by atoms with Crippen molar-refractivity contribution in [2.75, 3.05) is 0 Å². The molecule has 0 radical (unpaired) electrons. The Morgan fingerprint density at radius 3 is 2.46 bits per heavy atom. The summed E-state index contributed by atoms with van der Waals surface area (Å²) in [6.45, 7) is 9.83. The lowest BCUT2D eigenvalue weighted by Crippen LogP contribution is -2.46. The summed E-state index contributed by atoms with van der Waals surface area (Å²) in [5.74, 6) is -3.05. The summed E-state index contributed by atoms with van der Waals surface area (Å²) in [7, 11) is 0. The van der Waals surface area contributed by atoms with Gasteiger partial charge in [-0.3, -0.25) is 9.59 Å². The Balaban J connectivity index is 1.67. The second-order valence-corrected chi connectivity index (χ2v) is 13.3. The third-order valence-corrected chi connectivity index (χ3v) is 9.82. The van der Waals surface area contributed by atoms with Gasteiger partial charge in [0, 0.05) is 17.7 Å². The normalized spacial score (nSPS) is 39.9. The van der Waals surface area contributed by atoms with Crippen molar-refractivity contribution in [3.05, 3.63) is 21.7 Å². The number of thiazole rings is 1. The number of alkyl halides is 3. The van der Waals surface area contributed by atoms with Gasteiger partial charge in [0.1, 0.15) is 18.0 Å². The Kier molecular flexibility index (Phi) is 8.15. The first-order chi connectivity index (χ1) is 18.0. The second kappa shape index (κ2) is 10.5. The van der Waals surface area contributed by atoms with E-state index in [0.29, 0.717) is 17.7 Å². The number of Topliss-reactive ketones (excluding diaryl/α,β-unsaturated/α-hetero) is 1. The van der Waals surface area contributed by atoms with Crippen molar-refractivity contribution in [2.24, 2.45) is 29.1 Å². The highest BCUT2D eigenvalue weighted by Gasteiger charge is 2.74. The predicted molar refractivity (Wildman–Crippen MR) is 139 cm³/mol. The van der Waals surface area contributed by atoms with Crippen molar-refractivity contribution in [1.82, 2.24) is 4.98 Å². The molecule has 218 valence electrons. The summed E-state index contributed by atoms with van der Waals surface area (Å²) in [4.78, 5) is 30.6. The van der Waals surface area contributed by atoms with E-state index in [-0.39, 0.29) is 24.7 Å². The molecular weight excluding hydrogens is 535 g/mol. The minimum Gasteiger partial charge on any atom is -0.458 e. The SMILES string of the molecule is C/C(=C\c1csc(C)n1)[C@H]1C[C@@H]2O[C@]2(C(F)(F)F)C[C@@H]2C[C@@H]2[C@H](C)[C@@H](O)[C@@H](C)C(=O)C(C)(C)[C@@H](O)CC(=O)O1. The van der Waals surface area contributed by atoms with Crippen molar-refractivity contribution in [2.45, 2.75) is 103 Å². The van der Waals surface area contributed by atoms with Crippen LogP contribution in [-0.4, -0.2) is 63.1 Å². The van der Waals surface area contributed by atoms with Gasteiger partial charge in [-0.15, -0.1) is 11.3 Å². The first-order valence-corrected chi connectivity index (χ1v) is 14.3. The molecule has 0 spiro atoms. The molecule has 1 aliphatic carbocycles. The van der Waals surface area contributed by atoms with E-state index in [1.807, 2.05) is 6.92 Å². The number of nitrogens with zero attached hydrogens (tertiary/aromatic N) is 1. The van der Waals surface area contributed by atoms with Crippen molar-refractivity contribution in [3.8, 4) is 0 Å². The highest BCUT2D eigenvalue weighted by molar-refractivity contribution is 7.09. The molecule has 0 aromatic carbocycles. The number of ketones is 1. The van der Waals surface area contributed by atoms with Gasteiger partial charge >= 0.3 is 12.1 Å². The molecule has 1 aromatic rings. The summed E-state index contributed by atoms with van der Waals surface area (Å²) < 4.78 is 54.1. The number of ether oxygens (including phenoxy) is 2. The van der Waals surface area contributed by atoms with Gasteiger partial charge in [0.2, 0.25) is 0 Å². The van der Waals surface area contributed by atoms with Crippen molar-refractivity contribution < 1.29 is 42.4 Å². The Labute approximate surface area is 230 Å². The molecule has 11 heteroatoms. The van der Waals surface area contributed by atoms with Crippen LogP contribution in [0.5, 0.6) is 0 Å². The Bertz CT molecular complexity index is 1130. The number of cyclic esters (lactones) is 1. The van der Waals surface area contributed by atoms with Crippen LogP contribution in [0, 0.1) is 36.0 Å². The fourth-order valence-corrected chi connectivity index (χ4v) is 6.64. The van der Waals surface area contributed by atoms with Crippen LogP contribution in [0.2, 0.25) is 0 Å². The molecule has 0 bridgehead atoms. The average Bonchev–Trinajstić information content (AvgIpc) is 3.72. The maximum atomic E-state index is 14.3. The number of fused-ring (bicyclic) bond motifs is 2. The highest BCUT2D eigenvalue weighted by Crippen LogP contribution is 2.61. The summed E-state index contributed by atoms with van der Waals surface area (Å²) in [5, 5.41) is 24.5. The van der Waals surface area contributed by atoms with Crippen LogP contribution in [0.4, 0.5) is 13.2 Å². The number of esters is 1. The number of halogens is 3. The standard InChI is InChI=1S/C28H38F3NO6S/c1-13(7-18-12-39-16(4)32-18)20-9-22-27(38-22,28(29,30)31)11-17-8-19(17)14(2)24(35)15(3)25(36)26(5,6)21(33)10-23(34)37-20/h7,12,14-15,17,19-22,24,33,35H,8-11H2,1-6H3/b13-7+/t14-,15+,17-,19+,20+,21-,22-,24+,27+/m0/s1.